The SMILES string of the molecule is C/C=C/c1ccc(OCC(=O)N2CCN(c3ccccc3F)CC2)c(OC)c1. The normalized spacial score (nSPS) is 14.4. The van der Waals surface area contributed by atoms with Crippen LogP contribution in [0.15, 0.2) is 48.5 Å². The number of nitrogens with zero attached hydrogens (tertiary/aromatic N) is 2. The van der Waals surface area contributed by atoms with Crippen molar-refractivity contribution in [2.45, 2.75) is 6.92 Å². The lowest BCUT2D eigenvalue weighted by Crippen LogP contribution is -2.50. The maximum absolute atomic E-state index is 13.9. The van der Waals surface area contributed by atoms with Gasteiger partial charge in [-0.1, -0.05) is 30.4 Å². The summed E-state index contributed by atoms with van der Waals surface area (Å²) in [6.45, 7) is 4.14. The standard InChI is InChI=1S/C22H25FN2O3/c1-3-6-17-9-10-20(21(15-17)27-2)28-16-22(26)25-13-11-24(12-14-25)19-8-5-4-7-18(19)23/h3-10,15H,11-14,16H2,1-2H3/b6-3+. The maximum Gasteiger partial charge on any atom is 0.260 e. The number of benzene rings is 2. The van der Waals surface area contributed by atoms with Crippen molar-refractivity contribution in [2.24, 2.45) is 0 Å². The van der Waals surface area contributed by atoms with Gasteiger partial charge in [0, 0.05) is 26.2 Å². The van der Waals surface area contributed by atoms with E-state index >= 15 is 0 Å². The van der Waals surface area contributed by atoms with Crippen LogP contribution < -0.4 is 14.4 Å². The first kappa shape index (κ1) is 19.7. The Morgan fingerprint density at radius 3 is 2.54 bits per heavy atom. The molecular formula is C22H25FN2O3. The average Bonchev–Trinajstić information content (AvgIpc) is 2.73. The molecule has 0 N–H and O–H groups in total. The molecule has 3 rings (SSSR count). The molecule has 2 aromatic carbocycles. The number of para-hydroxylation sites is 1. The highest BCUT2D eigenvalue weighted by molar-refractivity contribution is 5.78. The van der Waals surface area contributed by atoms with Crippen LogP contribution in [0.1, 0.15) is 12.5 Å². The Kier molecular flexibility index (Phi) is 6.53. The lowest BCUT2D eigenvalue weighted by Gasteiger charge is -2.36. The van der Waals surface area contributed by atoms with Gasteiger partial charge in [-0.05, 0) is 36.8 Å². The first-order valence-corrected chi connectivity index (χ1v) is 9.33. The van der Waals surface area contributed by atoms with Crippen LogP contribution >= 0.6 is 0 Å². The summed E-state index contributed by atoms with van der Waals surface area (Å²) in [4.78, 5) is 16.2. The van der Waals surface area contributed by atoms with Gasteiger partial charge >= 0.3 is 0 Å². The van der Waals surface area contributed by atoms with Gasteiger partial charge in [-0.25, -0.2) is 4.39 Å². The van der Waals surface area contributed by atoms with Crippen molar-refractivity contribution >= 4 is 17.7 Å². The van der Waals surface area contributed by atoms with Crippen LogP contribution in [0.2, 0.25) is 0 Å². The highest BCUT2D eigenvalue weighted by Crippen LogP contribution is 2.28. The second-order valence-corrected chi connectivity index (χ2v) is 6.52. The van der Waals surface area contributed by atoms with Crippen molar-refractivity contribution in [3.63, 3.8) is 0 Å². The van der Waals surface area contributed by atoms with Gasteiger partial charge in [-0.3, -0.25) is 4.79 Å². The summed E-state index contributed by atoms with van der Waals surface area (Å²) in [7, 11) is 1.57. The van der Waals surface area contributed by atoms with Gasteiger partial charge in [0.1, 0.15) is 5.82 Å². The highest BCUT2D eigenvalue weighted by atomic mass is 19.1. The molecule has 0 bridgehead atoms. The number of halogens is 1. The number of hydrogen-bond donors (Lipinski definition) is 0. The summed E-state index contributed by atoms with van der Waals surface area (Å²) in [6.07, 6.45) is 3.91. The minimum absolute atomic E-state index is 0.0565. The van der Waals surface area contributed by atoms with Crippen LogP contribution in [0.25, 0.3) is 6.08 Å². The molecule has 28 heavy (non-hydrogen) atoms. The molecule has 0 spiro atoms. The third-order valence-electron chi connectivity index (χ3n) is 4.72. The fourth-order valence-corrected chi connectivity index (χ4v) is 3.24. The predicted molar refractivity (Wildman–Crippen MR) is 108 cm³/mol. The lowest BCUT2D eigenvalue weighted by molar-refractivity contribution is -0.133. The van der Waals surface area contributed by atoms with Crippen molar-refractivity contribution in [1.29, 1.82) is 0 Å². The molecule has 0 unspecified atom stereocenters. The fraction of sp³-hybridized carbons (Fsp3) is 0.318. The average molecular weight is 384 g/mol. The minimum Gasteiger partial charge on any atom is -0.493 e. The molecule has 0 saturated carbocycles. The molecule has 1 fully saturated rings. The number of ether oxygens (including phenoxy) is 2. The summed E-state index contributed by atoms with van der Waals surface area (Å²) < 4.78 is 25.0. The molecule has 0 aliphatic carbocycles. The lowest BCUT2D eigenvalue weighted by atomic mass is 10.2. The second-order valence-electron chi connectivity index (χ2n) is 6.52. The van der Waals surface area contributed by atoms with E-state index < -0.39 is 0 Å². The largest absolute Gasteiger partial charge is 0.493 e. The van der Waals surface area contributed by atoms with Gasteiger partial charge in [0.15, 0.2) is 18.1 Å². The van der Waals surface area contributed by atoms with Crippen LogP contribution in [-0.4, -0.2) is 50.7 Å². The predicted octanol–water partition coefficient (Wildman–Crippen LogP) is 3.60. The van der Waals surface area contributed by atoms with Crippen LogP contribution in [0, 0.1) is 5.82 Å². The van der Waals surface area contributed by atoms with Crippen molar-refractivity contribution in [2.75, 3.05) is 44.8 Å². The zero-order valence-corrected chi connectivity index (χ0v) is 16.2. The van der Waals surface area contributed by atoms with E-state index in [1.165, 1.54) is 6.07 Å². The number of anilines is 1. The van der Waals surface area contributed by atoms with E-state index in [1.54, 1.807) is 30.2 Å². The molecular weight excluding hydrogens is 359 g/mol. The van der Waals surface area contributed by atoms with Crippen molar-refractivity contribution < 1.29 is 18.7 Å². The van der Waals surface area contributed by atoms with E-state index in [2.05, 4.69) is 0 Å². The quantitative estimate of drug-likeness (QED) is 0.763. The molecule has 0 atom stereocenters. The molecule has 6 heteroatoms. The van der Waals surface area contributed by atoms with E-state index in [9.17, 15) is 9.18 Å². The molecule has 5 nitrogen and oxygen atoms in total. The molecule has 0 aromatic heterocycles. The smallest absolute Gasteiger partial charge is 0.260 e. The van der Waals surface area contributed by atoms with Gasteiger partial charge in [-0.15, -0.1) is 0 Å². The summed E-state index contributed by atoms with van der Waals surface area (Å²) >= 11 is 0. The molecule has 2 aromatic rings. The second kappa shape index (κ2) is 9.26. The number of methoxy groups -OCH3 is 1. The van der Waals surface area contributed by atoms with Crippen molar-refractivity contribution in [1.82, 2.24) is 4.90 Å². The first-order chi connectivity index (χ1) is 13.6. The number of amides is 1. The summed E-state index contributed by atoms with van der Waals surface area (Å²) in [5, 5.41) is 0. The number of piperazine rings is 1. The van der Waals surface area contributed by atoms with Gasteiger partial charge in [0.25, 0.3) is 5.91 Å². The molecule has 1 aliphatic heterocycles. The zero-order valence-electron chi connectivity index (χ0n) is 16.2. The van der Waals surface area contributed by atoms with E-state index in [0.29, 0.717) is 43.4 Å². The number of allylic oxidation sites excluding steroid dienone is 1. The molecule has 148 valence electrons. The van der Waals surface area contributed by atoms with Gasteiger partial charge in [0.05, 0.1) is 12.8 Å². The van der Waals surface area contributed by atoms with Crippen LogP contribution in [0.3, 0.4) is 0 Å². The number of carbonyl (C=O) groups is 1. The third kappa shape index (κ3) is 4.63. The monoisotopic (exact) mass is 384 g/mol. The van der Waals surface area contributed by atoms with Gasteiger partial charge in [-0.2, -0.15) is 0 Å². The molecule has 1 heterocycles. The maximum atomic E-state index is 13.9. The Labute approximate surface area is 165 Å². The topological polar surface area (TPSA) is 42.0 Å². The summed E-state index contributed by atoms with van der Waals surface area (Å²) in [6, 6.07) is 12.3. The number of carbonyl (C=O) groups excluding carboxylic acids is 1. The molecule has 1 saturated heterocycles. The Morgan fingerprint density at radius 2 is 1.86 bits per heavy atom. The Balaban J connectivity index is 1.54. The van der Waals surface area contributed by atoms with Crippen molar-refractivity contribution in [3.05, 3.63) is 59.9 Å². The van der Waals surface area contributed by atoms with E-state index in [1.807, 2.05) is 42.2 Å². The number of rotatable bonds is 6. The fourth-order valence-electron chi connectivity index (χ4n) is 3.24. The molecule has 1 aliphatic rings. The molecule has 1 amide bonds. The summed E-state index contributed by atoms with van der Waals surface area (Å²) in [5.74, 6) is 0.800. The van der Waals surface area contributed by atoms with Gasteiger partial charge in [0.2, 0.25) is 0 Å². The Hall–Kier alpha value is -3.02. The first-order valence-electron chi connectivity index (χ1n) is 9.33. The third-order valence-corrected chi connectivity index (χ3v) is 4.72. The summed E-state index contributed by atoms with van der Waals surface area (Å²) in [5.41, 5.74) is 1.58. The van der Waals surface area contributed by atoms with E-state index in [0.717, 1.165) is 5.56 Å². The van der Waals surface area contributed by atoms with Gasteiger partial charge < -0.3 is 19.3 Å². The number of hydrogen-bond acceptors (Lipinski definition) is 4. The minimum atomic E-state index is -0.237. The highest BCUT2D eigenvalue weighted by Gasteiger charge is 2.23. The molecule has 0 radical (unpaired) electrons. The Bertz CT molecular complexity index is 845. The Morgan fingerprint density at radius 1 is 1.11 bits per heavy atom. The van der Waals surface area contributed by atoms with Crippen molar-refractivity contribution in [3.8, 4) is 11.5 Å². The van der Waals surface area contributed by atoms with Crippen LogP contribution in [0.5, 0.6) is 11.5 Å². The zero-order chi connectivity index (χ0) is 19.9. The van der Waals surface area contributed by atoms with Crippen LogP contribution in [-0.2, 0) is 4.79 Å². The van der Waals surface area contributed by atoms with E-state index in [-0.39, 0.29) is 18.3 Å². The van der Waals surface area contributed by atoms with E-state index in [4.69, 9.17) is 9.47 Å². The van der Waals surface area contributed by atoms with Crippen LogP contribution in [0.4, 0.5) is 10.1 Å².